The fraction of sp³-hybridized carbons (Fsp3) is 0.550. The predicted octanol–water partition coefficient (Wildman–Crippen LogP) is 3.43. The average molecular weight is 327 g/mol. The van der Waals surface area contributed by atoms with Crippen LogP contribution in [0.5, 0.6) is 0 Å². The molecule has 130 valence electrons. The highest BCUT2D eigenvalue weighted by Gasteiger charge is 2.25. The smallest absolute Gasteiger partial charge is 0.251 e. The quantitative estimate of drug-likeness (QED) is 0.884. The number of nitrogens with zero attached hydrogens (tertiary/aromatic N) is 1. The van der Waals surface area contributed by atoms with Gasteiger partial charge in [-0.2, -0.15) is 0 Å². The second-order valence-corrected chi connectivity index (χ2v) is 7.44. The third-order valence-electron chi connectivity index (χ3n) is 4.98. The standard InChI is InChI=1S/C20H29N3O/c1-13(2)12-23-18-8-7-15(20(24)22-10-9-21)11-17(18)16-6-4-5-14(3)19(16)23/h7-8,11,13-14H,4-6,9-10,12,21H2,1-3H3,(H,22,24). The van der Waals surface area contributed by atoms with Gasteiger partial charge in [-0.05, 0) is 54.9 Å². The molecule has 0 aliphatic heterocycles. The molecule has 0 fully saturated rings. The number of aromatic nitrogens is 1. The Balaban J connectivity index is 2.11. The Morgan fingerprint density at radius 2 is 2.21 bits per heavy atom. The van der Waals surface area contributed by atoms with Crippen LogP contribution in [0.2, 0.25) is 0 Å². The van der Waals surface area contributed by atoms with Gasteiger partial charge in [0.15, 0.2) is 0 Å². The van der Waals surface area contributed by atoms with Gasteiger partial charge in [-0.1, -0.05) is 20.8 Å². The van der Waals surface area contributed by atoms with Crippen LogP contribution in [0.3, 0.4) is 0 Å². The maximum Gasteiger partial charge on any atom is 0.251 e. The molecule has 0 bridgehead atoms. The topological polar surface area (TPSA) is 60.0 Å². The summed E-state index contributed by atoms with van der Waals surface area (Å²) in [6.45, 7) is 8.88. The van der Waals surface area contributed by atoms with Crippen LogP contribution in [0.4, 0.5) is 0 Å². The van der Waals surface area contributed by atoms with Crippen molar-refractivity contribution in [1.82, 2.24) is 9.88 Å². The van der Waals surface area contributed by atoms with E-state index in [2.05, 4.69) is 42.8 Å². The summed E-state index contributed by atoms with van der Waals surface area (Å²) in [5, 5.41) is 4.13. The number of benzene rings is 1. The summed E-state index contributed by atoms with van der Waals surface area (Å²) in [5.41, 5.74) is 10.4. The van der Waals surface area contributed by atoms with E-state index in [0.717, 1.165) is 18.5 Å². The lowest BCUT2D eigenvalue weighted by molar-refractivity contribution is 0.0955. The molecular formula is C20H29N3O. The second kappa shape index (κ2) is 6.98. The highest BCUT2D eigenvalue weighted by molar-refractivity contribution is 5.99. The molecule has 1 heterocycles. The zero-order valence-electron chi connectivity index (χ0n) is 15.1. The molecule has 1 atom stereocenters. The molecule has 1 aromatic carbocycles. The number of hydrogen-bond acceptors (Lipinski definition) is 2. The van der Waals surface area contributed by atoms with Gasteiger partial charge in [-0.3, -0.25) is 4.79 Å². The van der Waals surface area contributed by atoms with Crippen LogP contribution in [-0.4, -0.2) is 23.6 Å². The molecule has 4 nitrogen and oxygen atoms in total. The highest BCUT2D eigenvalue weighted by atomic mass is 16.1. The first-order valence-corrected chi connectivity index (χ1v) is 9.16. The molecule has 3 rings (SSSR count). The Morgan fingerprint density at radius 1 is 1.42 bits per heavy atom. The molecule has 1 unspecified atom stereocenters. The van der Waals surface area contributed by atoms with E-state index in [1.165, 1.54) is 35.0 Å². The van der Waals surface area contributed by atoms with Crippen molar-refractivity contribution in [3.05, 3.63) is 35.0 Å². The minimum Gasteiger partial charge on any atom is -0.351 e. The summed E-state index contributed by atoms with van der Waals surface area (Å²) < 4.78 is 2.50. The largest absolute Gasteiger partial charge is 0.351 e. The number of hydrogen-bond donors (Lipinski definition) is 2. The molecular weight excluding hydrogens is 298 g/mol. The molecule has 2 aromatic rings. The van der Waals surface area contributed by atoms with E-state index in [1.807, 2.05) is 6.07 Å². The normalized spacial score (nSPS) is 17.3. The van der Waals surface area contributed by atoms with E-state index in [-0.39, 0.29) is 5.91 Å². The maximum absolute atomic E-state index is 12.3. The lowest BCUT2D eigenvalue weighted by atomic mass is 9.87. The molecule has 1 aromatic heterocycles. The predicted molar refractivity (Wildman–Crippen MR) is 99.5 cm³/mol. The summed E-state index contributed by atoms with van der Waals surface area (Å²) in [4.78, 5) is 12.3. The van der Waals surface area contributed by atoms with E-state index in [9.17, 15) is 4.79 Å². The molecule has 1 aliphatic rings. The lowest BCUT2D eigenvalue weighted by Crippen LogP contribution is -2.28. The van der Waals surface area contributed by atoms with Crippen molar-refractivity contribution in [3.8, 4) is 0 Å². The number of carbonyl (C=O) groups is 1. The fourth-order valence-corrected chi connectivity index (χ4v) is 3.98. The molecule has 24 heavy (non-hydrogen) atoms. The van der Waals surface area contributed by atoms with Crippen molar-refractivity contribution >= 4 is 16.8 Å². The average Bonchev–Trinajstić information content (AvgIpc) is 2.87. The Bertz CT molecular complexity index is 745. The highest BCUT2D eigenvalue weighted by Crippen LogP contribution is 2.39. The van der Waals surface area contributed by atoms with Gasteiger partial charge < -0.3 is 15.6 Å². The van der Waals surface area contributed by atoms with Gasteiger partial charge in [-0.25, -0.2) is 0 Å². The van der Waals surface area contributed by atoms with E-state index >= 15 is 0 Å². The van der Waals surface area contributed by atoms with Crippen molar-refractivity contribution in [2.24, 2.45) is 11.7 Å². The number of carbonyl (C=O) groups excluding carboxylic acids is 1. The summed E-state index contributed by atoms with van der Waals surface area (Å²) >= 11 is 0. The van der Waals surface area contributed by atoms with Crippen LogP contribution in [0, 0.1) is 5.92 Å². The molecule has 4 heteroatoms. The number of fused-ring (bicyclic) bond motifs is 3. The number of rotatable bonds is 5. The van der Waals surface area contributed by atoms with Crippen molar-refractivity contribution in [2.75, 3.05) is 13.1 Å². The van der Waals surface area contributed by atoms with Gasteiger partial charge >= 0.3 is 0 Å². The third-order valence-corrected chi connectivity index (χ3v) is 4.98. The van der Waals surface area contributed by atoms with E-state index < -0.39 is 0 Å². The van der Waals surface area contributed by atoms with Crippen LogP contribution in [0.15, 0.2) is 18.2 Å². The van der Waals surface area contributed by atoms with Gasteiger partial charge in [0.05, 0.1) is 0 Å². The van der Waals surface area contributed by atoms with E-state index in [0.29, 0.717) is 24.9 Å². The summed E-state index contributed by atoms with van der Waals surface area (Å²) in [5.74, 6) is 1.16. The number of aryl methyl sites for hydroxylation is 1. The lowest BCUT2D eigenvalue weighted by Gasteiger charge is -2.23. The fourth-order valence-electron chi connectivity index (χ4n) is 3.98. The zero-order chi connectivity index (χ0) is 17.3. The van der Waals surface area contributed by atoms with Crippen molar-refractivity contribution in [1.29, 1.82) is 0 Å². The maximum atomic E-state index is 12.3. The third kappa shape index (κ3) is 3.07. The number of nitrogens with two attached hydrogens (primary N) is 1. The summed E-state index contributed by atoms with van der Waals surface area (Å²) in [6, 6.07) is 6.15. The number of amides is 1. The van der Waals surface area contributed by atoms with E-state index in [4.69, 9.17) is 5.73 Å². The molecule has 1 aliphatic carbocycles. The molecule has 0 saturated heterocycles. The molecule has 0 radical (unpaired) electrons. The van der Waals surface area contributed by atoms with Crippen LogP contribution < -0.4 is 11.1 Å². The van der Waals surface area contributed by atoms with Crippen LogP contribution in [0.1, 0.15) is 61.1 Å². The van der Waals surface area contributed by atoms with Gasteiger partial charge in [0.2, 0.25) is 0 Å². The van der Waals surface area contributed by atoms with Gasteiger partial charge in [0.1, 0.15) is 0 Å². The van der Waals surface area contributed by atoms with Gasteiger partial charge in [0.25, 0.3) is 5.91 Å². The van der Waals surface area contributed by atoms with Gasteiger partial charge in [-0.15, -0.1) is 0 Å². The molecule has 1 amide bonds. The summed E-state index contributed by atoms with van der Waals surface area (Å²) in [6.07, 6.45) is 3.61. The Hall–Kier alpha value is -1.81. The van der Waals surface area contributed by atoms with Crippen LogP contribution in [-0.2, 0) is 13.0 Å². The number of nitrogens with one attached hydrogen (secondary N) is 1. The van der Waals surface area contributed by atoms with E-state index in [1.54, 1.807) is 0 Å². The molecule has 0 saturated carbocycles. The first-order chi connectivity index (χ1) is 11.5. The van der Waals surface area contributed by atoms with Gasteiger partial charge in [0, 0.05) is 41.8 Å². The summed E-state index contributed by atoms with van der Waals surface area (Å²) in [7, 11) is 0. The van der Waals surface area contributed by atoms with Crippen LogP contribution >= 0.6 is 0 Å². The molecule has 0 spiro atoms. The Kier molecular flexibility index (Phi) is 4.95. The Labute approximate surface area is 144 Å². The van der Waals surface area contributed by atoms with Crippen LogP contribution in [0.25, 0.3) is 10.9 Å². The van der Waals surface area contributed by atoms with Crippen molar-refractivity contribution in [3.63, 3.8) is 0 Å². The van der Waals surface area contributed by atoms with Crippen molar-refractivity contribution in [2.45, 2.75) is 52.5 Å². The monoisotopic (exact) mass is 327 g/mol. The molecule has 3 N–H and O–H groups in total. The first-order valence-electron chi connectivity index (χ1n) is 9.16. The second-order valence-electron chi connectivity index (χ2n) is 7.44. The minimum absolute atomic E-state index is 0.0310. The zero-order valence-corrected chi connectivity index (χ0v) is 15.1. The van der Waals surface area contributed by atoms with Crippen molar-refractivity contribution < 1.29 is 4.79 Å². The first kappa shape index (κ1) is 17.0. The minimum atomic E-state index is -0.0310. The Morgan fingerprint density at radius 3 is 2.92 bits per heavy atom. The SMILES string of the molecule is CC(C)Cn1c2c(c3cc(C(=O)NCCN)ccc31)CCCC2C.